The molecule has 70 valence electrons. The normalized spacial score (nSPS) is 19.2. The molecule has 1 heterocycles. The van der Waals surface area contributed by atoms with E-state index >= 15 is 0 Å². The van der Waals surface area contributed by atoms with E-state index < -0.39 is 0 Å². The predicted octanol–water partition coefficient (Wildman–Crippen LogP) is 1.58. The number of likely N-dealkylation sites (tertiary alicyclic amines) is 1. The topological polar surface area (TPSA) is 6.48 Å². The van der Waals surface area contributed by atoms with E-state index in [0.29, 0.717) is 4.32 Å². The zero-order valence-corrected chi connectivity index (χ0v) is 9.20. The maximum absolute atomic E-state index is 4.95. The number of piperidine rings is 1. The van der Waals surface area contributed by atoms with Crippen LogP contribution in [0.3, 0.4) is 0 Å². The third-order valence-corrected chi connectivity index (χ3v) is 2.84. The van der Waals surface area contributed by atoms with Crippen LogP contribution in [0, 0.1) is 0 Å². The van der Waals surface area contributed by atoms with E-state index in [1.807, 2.05) is 11.9 Å². The van der Waals surface area contributed by atoms with Crippen LogP contribution in [-0.4, -0.2) is 40.9 Å². The van der Waals surface area contributed by atoms with Crippen LogP contribution in [-0.2, 0) is 0 Å². The van der Waals surface area contributed by atoms with Crippen molar-refractivity contribution in [1.29, 1.82) is 0 Å². The Morgan fingerprint density at radius 1 is 1.42 bits per heavy atom. The Balaban J connectivity index is 2.24. The third kappa shape index (κ3) is 3.29. The largest absolute Gasteiger partial charge is 0.348 e. The Morgan fingerprint density at radius 3 is 2.50 bits per heavy atom. The average molecular weight is 204 g/mol. The van der Waals surface area contributed by atoms with Gasteiger partial charge in [-0.3, -0.25) is 4.90 Å². The monoisotopic (exact) mass is 204 g/mol. The van der Waals surface area contributed by atoms with Crippen LogP contribution in [0.25, 0.3) is 0 Å². The molecule has 1 aliphatic heterocycles. The second-order valence-electron chi connectivity index (χ2n) is 3.30. The molecule has 0 aromatic heterocycles. The van der Waals surface area contributed by atoms with Gasteiger partial charge in [-0.05, 0) is 25.9 Å². The lowest BCUT2D eigenvalue weighted by Crippen LogP contribution is -2.39. The van der Waals surface area contributed by atoms with Gasteiger partial charge in [0.15, 0.2) is 0 Å². The number of rotatable bonds is 2. The standard InChI is InChI=1S/C8H16N2S2/c1-9(8(11)12)7-10-5-3-2-4-6-10/h2-7H2,1H3,(H,11,12). The van der Waals surface area contributed by atoms with Crippen LogP contribution < -0.4 is 0 Å². The van der Waals surface area contributed by atoms with Crippen molar-refractivity contribution in [2.45, 2.75) is 19.3 Å². The van der Waals surface area contributed by atoms with Gasteiger partial charge in [0, 0.05) is 7.05 Å². The van der Waals surface area contributed by atoms with Gasteiger partial charge in [0.1, 0.15) is 4.32 Å². The van der Waals surface area contributed by atoms with Crippen molar-refractivity contribution in [3.63, 3.8) is 0 Å². The summed E-state index contributed by atoms with van der Waals surface area (Å²) < 4.78 is 0.681. The fourth-order valence-corrected chi connectivity index (χ4v) is 1.58. The van der Waals surface area contributed by atoms with E-state index in [-0.39, 0.29) is 0 Å². The molecular formula is C8H16N2S2. The fraction of sp³-hybridized carbons (Fsp3) is 0.875. The maximum Gasteiger partial charge on any atom is 0.134 e. The molecule has 1 saturated heterocycles. The maximum atomic E-state index is 4.95. The molecule has 2 nitrogen and oxygen atoms in total. The van der Waals surface area contributed by atoms with Crippen molar-refractivity contribution in [3.8, 4) is 0 Å². The summed E-state index contributed by atoms with van der Waals surface area (Å²) in [6, 6.07) is 0. The summed E-state index contributed by atoms with van der Waals surface area (Å²) in [6.45, 7) is 3.35. The van der Waals surface area contributed by atoms with Crippen molar-refractivity contribution < 1.29 is 0 Å². The summed E-state index contributed by atoms with van der Waals surface area (Å²) in [5, 5.41) is 0. The summed E-state index contributed by atoms with van der Waals surface area (Å²) in [7, 11) is 1.99. The van der Waals surface area contributed by atoms with E-state index in [0.717, 1.165) is 6.67 Å². The Labute approximate surface area is 85.3 Å². The first-order valence-electron chi connectivity index (χ1n) is 4.36. The summed E-state index contributed by atoms with van der Waals surface area (Å²) in [6.07, 6.45) is 4.03. The molecule has 0 aromatic carbocycles. The lowest BCUT2D eigenvalue weighted by molar-refractivity contribution is 0.175. The zero-order chi connectivity index (χ0) is 8.97. The van der Waals surface area contributed by atoms with Crippen molar-refractivity contribution in [3.05, 3.63) is 0 Å². The number of thiocarbonyl (C=S) groups is 1. The Morgan fingerprint density at radius 2 is 2.00 bits per heavy atom. The minimum absolute atomic E-state index is 0.681. The molecule has 0 atom stereocenters. The van der Waals surface area contributed by atoms with Crippen molar-refractivity contribution in [2.75, 3.05) is 26.8 Å². The van der Waals surface area contributed by atoms with E-state index in [1.54, 1.807) is 0 Å². The Kier molecular flexibility index (Phi) is 4.32. The molecule has 4 heteroatoms. The molecular weight excluding hydrogens is 188 g/mol. The molecule has 0 saturated carbocycles. The zero-order valence-electron chi connectivity index (χ0n) is 7.49. The van der Waals surface area contributed by atoms with Crippen molar-refractivity contribution in [1.82, 2.24) is 9.80 Å². The van der Waals surface area contributed by atoms with Gasteiger partial charge in [-0.25, -0.2) is 0 Å². The van der Waals surface area contributed by atoms with Gasteiger partial charge >= 0.3 is 0 Å². The van der Waals surface area contributed by atoms with Gasteiger partial charge in [-0.2, -0.15) is 0 Å². The summed E-state index contributed by atoms with van der Waals surface area (Å²) in [5.74, 6) is 0. The first kappa shape index (κ1) is 10.3. The van der Waals surface area contributed by atoms with Crippen molar-refractivity contribution >= 4 is 29.2 Å². The second kappa shape index (κ2) is 5.04. The van der Waals surface area contributed by atoms with Gasteiger partial charge in [-0.15, -0.1) is 12.6 Å². The second-order valence-corrected chi connectivity index (χ2v) is 4.41. The van der Waals surface area contributed by atoms with Gasteiger partial charge < -0.3 is 4.90 Å². The van der Waals surface area contributed by atoms with Crippen LogP contribution >= 0.6 is 24.8 Å². The highest BCUT2D eigenvalue weighted by Gasteiger charge is 2.11. The van der Waals surface area contributed by atoms with Crippen LogP contribution in [0.2, 0.25) is 0 Å². The van der Waals surface area contributed by atoms with Gasteiger partial charge in [0.05, 0.1) is 6.67 Å². The molecule has 0 aromatic rings. The third-order valence-electron chi connectivity index (χ3n) is 2.19. The lowest BCUT2D eigenvalue weighted by atomic mass is 10.1. The predicted molar refractivity (Wildman–Crippen MR) is 59.6 cm³/mol. The van der Waals surface area contributed by atoms with Crippen LogP contribution in [0.5, 0.6) is 0 Å². The average Bonchev–Trinajstić information content (AvgIpc) is 2.06. The first-order valence-corrected chi connectivity index (χ1v) is 5.22. The number of hydrogen-bond donors (Lipinski definition) is 1. The quantitative estimate of drug-likeness (QED) is 0.539. The molecule has 1 rings (SSSR count). The molecule has 0 radical (unpaired) electrons. The first-order chi connectivity index (χ1) is 5.70. The highest BCUT2D eigenvalue weighted by molar-refractivity contribution is 8.10. The molecule has 0 spiro atoms. The highest BCUT2D eigenvalue weighted by Crippen LogP contribution is 2.09. The molecule has 0 aliphatic carbocycles. The summed E-state index contributed by atoms with van der Waals surface area (Å²) in [4.78, 5) is 4.43. The molecule has 0 N–H and O–H groups in total. The highest BCUT2D eigenvalue weighted by atomic mass is 32.1. The summed E-state index contributed by atoms with van der Waals surface area (Å²) in [5.41, 5.74) is 0. The number of hydrogen-bond acceptors (Lipinski definition) is 2. The van der Waals surface area contributed by atoms with Gasteiger partial charge in [-0.1, -0.05) is 18.6 Å². The Hall–Kier alpha value is 0.200. The summed E-state index contributed by atoms with van der Waals surface area (Å²) >= 11 is 9.07. The lowest BCUT2D eigenvalue weighted by Gasteiger charge is -2.30. The minimum Gasteiger partial charge on any atom is -0.348 e. The molecule has 1 fully saturated rings. The van der Waals surface area contributed by atoms with E-state index in [4.69, 9.17) is 12.2 Å². The van der Waals surface area contributed by atoms with Crippen LogP contribution in [0.15, 0.2) is 0 Å². The molecule has 1 aliphatic rings. The van der Waals surface area contributed by atoms with Crippen molar-refractivity contribution in [2.24, 2.45) is 0 Å². The van der Waals surface area contributed by atoms with E-state index in [2.05, 4.69) is 17.5 Å². The van der Waals surface area contributed by atoms with E-state index in [9.17, 15) is 0 Å². The molecule has 0 bridgehead atoms. The molecule has 12 heavy (non-hydrogen) atoms. The van der Waals surface area contributed by atoms with E-state index in [1.165, 1.54) is 32.4 Å². The fourth-order valence-electron chi connectivity index (χ4n) is 1.46. The van der Waals surface area contributed by atoms with Crippen LogP contribution in [0.4, 0.5) is 0 Å². The molecule has 0 unspecified atom stereocenters. The Bertz CT molecular complexity index is 155. The minimum atomic E-state index is 0.681. The smallest absolute Gasteiger partial charge is 0.134 e. The number of nitrogens with zero attached hydrogens (tertiary/aromatic N) is 2. The number of thiol groups is 1. The van der Waals surface area contributed by atoms with Crippen LogP contribution in [0.1, 0.15) is 19.3 Å². The molecule has 0 amide bonds. The van der Waals surface area contributed by atoms with Gasteiger partial charge in [0.25, 0.3) is 0 Å². The SMILES string of the molecule is CN(CN1CCCCC1)C(=S)S. The van der Waals surface area contributed by atoms with Gasteiger partial charge in [0.2, 0.25) is 0 Å².